The van der Waals surface area contributed by atoms with Crippen LogP contribution in [0.4, 0.5) is 0 Å². The van der Waals surface area contributed by atoms with Crippen LogP contribution >= 0.6 is 11.3 Å². The van der Waals surface area contributed by atoms with Gasteiger partial charge in [-0.25, -0.2) is 4.98 Å². The number of aromatic nitrogens is 1. The zero-order valence-corrected chi connectivity index (χ0v) is 5.64. The summed E-state index contributed by atoms with van der Waals surface area (Å²) >= 11 is 1.45. The quantitative estimate of drug-likeness (QED) is 0.579. The summed E-state index contributed by atoms with van der Waals surface area (Å²) in [6.07, 6.45) is 0. The fourth-order valence-electron chi connectivity index (χ4n) is 0.454. The Balaban J connectivity index is 2.80. The monoisotopic (exact) mass is 143 g/mol. The number of hydrogen-bond donors (Lipinski definition) is 0. The van der Waals surface area contributed by atoms with Gasteiger partial charge in [0.1, 0.15) is 0 Å². The normalized spacial score (nSPS) is 9.00. The zero-order chi connectivity index (χ0) is 6.69. The van der Waals surface area contributed by atoms with Crippen molar-refractivity contribution in [2.45, 2.75) is 6.92 Å². The van der Waals surface area contributed by atoms with E-state index in [4.69, 9.17) is 0 Å². The maximum atomic E-state index is 9.77. The van der Waals surface area contributed by atoms with Crippen molar-refractivity contribution in [2.75, 3.05) is 0 Å². The van der Waals surface area contributed by atoms with Crippen LogP contribution in [0.5, 0.6) is 5.88 Å². The number of carbonyl (C=O) groups excluding carboxylic acids is 1. The van der Waals surface area contributed by atoms with Crippen molar-refractivity contribution in [1.82, 2.24) is 4.98 Å². The highest BCUT2D eigenvalue weighted by Gasteiger charge is 1.98. The van der Waals surface area contributed by atoms with E-state index in [1.165, 1.54) is 11.3 Å². The lowest BCUT2D eigenvalue weighted by Gasteiger charge is -1.88. The first kappa shape index (κ1) is 6.22. The molecule has 0 atom stereocenters. The molecule has 9 heavy (non-hydrogen) atoms. The lowest BCUT2D eigenvalue weighted by molar-refractivity contribution is -0.120. The number of hydrogen-bond acceptors (Lipinski definition) is 4. The van der Waals surface area contributed by atoms with E-state index in [2.05, 4.69) is 9.72 Å². The molecule has 0 spiro atoms. The molecular weight excluding hydrogens is 138 g/mol. The molecule has 1 rings (SSSR count). The third kappa shape index (κ3) is 1.26. The van der Waals surface area contributed by atoms with Gasteiger partial charge < -0.3 is 4.74 Å². The van der Waals surface area contributed by atoms with E-state index in [1.807, 2.05) is 6.92 Å². The molecule has 0 aliphatic carbocycles. The van der Waals surface area contributed by atoms with Gasteiger partial charge in [0.15, 0.2) is 0 Å². The minimum Gasteiger partial charge on any atom is -0.408 e. The molecule has 0 radical (unpaired) electrons. The molecular formula is C5H5NO2S. The molecule has 4 heteroatoms. The summed E-state index contributed by atoms with van der Waals surface area (Å²) < 4.78 is 4.50. The average molecular weight is 143 g/mol. The first-order chi connectivity index (χ1) is 4.34. The molecule has 0 aliphatic rings. The van der Waals surface area contributed by atoms with E-state index in [9.17, 15) is 4.79 Å². The molecule has 0 amide bonds. The van der Waals surface area contributed by atoms with Gasteiger partial charge >= 0.3 is 0 Å². The lowest BCUT2D eigenvalue weighted by Crippen LogP contribution is -1.88. The summed E-state index contributed by atoms with van der Waals surface area (Å²) in [5.74, 6) is 0.412. The van der Waals surface area contributed by atoms with Crippen LogP contribution in [-0.2, 0) is 4.79 Å². The van der Waals surface area contributed by atoms with Gasteiger partial charge in [-0.2, -0.15) is 0 Å². The molecule has 0 saturated heterocycles. The average Bonchev–Trinajstić information content (AvgIpc) is 2.18. The van der Waals surface area contributed by atoms with Gasteiger partial charge in [0, 0.05) is 0 Å². The van der Waals surface area contributed by atoms with Gasteiger partial charge in [0.25, 0.3) is 6.47 Å². The fourth-order valence-corrected chi connectivity index (χ4v) is 0.962. The molecule has 1 aromatic heterocycles. The van der Waals surface area contributed by atoms with E-state index in [1.54, 1.807) is 5.51 Å². The number of nitrogens with zero attached hydrogens (tertiary/aromatic N) is 1. The maximum Gasteiger partial charge on any atom is 0.299 e. The molecule has 3 nitrogen and oxygen atoms in total. The van der Waals surface area contributed by atoms with E-state index in [-0.39, 0.29) is 0 Å². The molecule has 0 bridgehead atoms. The molecule has 1 aromatic rings. The van der Waals surface area contributed by atoms with Crippen LogP contribution in [0.25, 0.3) is 0 Å². The topological polar surface area (TPSA) is 39.2 Å². The SMILES string of the molecule is Cc1scnc1OC=O. The highest BCUT2D eigenvalue weighted by molar-refractivity contribution is 7.09. The van der Waals surface area contributed by atoms with Crippen LogP contribution in [0.1, 0.15) is 4.88 Å². The highest BCUT2D eigenvalue weighted by Crippen LogP contribution is 2.17. The first-order valence-corrected chi connectivity index (χ1v) is 3.23. The second-order valence-corrected chi connectivity index (χ2v) is 2.49. The van der Waals surface area contributed by atoms with Gasteiger partial charge in [-0.1, -0.05) is 0 Å². The Bertz CT molecular complexity index is 208. The van der Waals surface area contributed by atoms with Crippen LogP contribution in [0.2, 0.25) is 0 Å². The van der Waals surface area contributed by atoms with E-state index >= 15 is 0 Å². The van der Waals surface area contributed by atoms with E-state index < -0.39 is 0 Å². The van der Waals surface area contributed by atoms with Crippen molar-refractivity contribution in [3.63, 3.8) is 0 Å². The van der Waals surface area contributed by atoms with E-state index in [0.717, 1.165) is 4.88 Å². The summed E-state index contributed by atoms with van der Waals surface area (Å²) in [5.41, 5.74) is 1.63. The minimum atomic E-state index is 0.377. The highest BCUT2D eigenvalue weighted by atomic mass is 32.1. The number of aryl methyl sites for hydroxylation is 1. The van der Waals surface area contributed by atoms with Gasteiger partial charge in [-0.3, -0.25) is 4.79 Å². The molecule has 0 aromatic carbocycles. The molecule has 0 aliphatic heterocycles. The predicted molar refractivity (Wildman–Crippen MR) is 33.5 cm³/mol. The van der Waals surface area contributed by atoms with Gasteiger partial charge in [0.2, 0.25) is 5.88 Å². The lowest BCUT2D eigenvalue weighted by atomic mass is 10.6. The zero-order valence-electron chi connectivity index (χ0n) is 4.83. The van der Waals surface area contributed by atoms with Crippen LogP contribution in [0, 0.1) is 6.92 Å². The Hall–Kier alpha value is -0.900. The van der Waals surface area contributed by atoms with Gasteiger partial charge in [-0.05, 0) is 6.92 Å². The predicted octanol–water partition coefficient (Wildman–Crippen LogP) is 0.987. The number of rotatable bonds is 2. The van der Waals surface area contributed by atoms with Crippen molar-refractivity contribution in [2.24, 2.45) is 0 Å². The van der Waals surface area contributed by atoms with Crippen molar-refractivity contribution in [1.29, 1.82) is 0 Å². The van der Waals surface area contributed by atoms with Gasteiger partial charge in [-0.15, -0.1) is 11.3 Å². The number of ether oxygens (including phenoxy) is 1. The summed E-state index contributed by atoms with van der Waals surface area (Å²) in [7, 11) is 0. The molecule has 48 valence electrons. The summed E-state index contributed by atoms with van der Waals surface area (Å²) in [5, 5.41) is 0. The Kier molecular flexibility index (Phi) is 1.79. The first-order valence-electron chi connectivity index (χ1n) is 2.35. The van der Waals surface area contributed by atoms with Crippen LogP contribution in [-0.4, -0.2) is 11.5 Å². The number of carbonyl (C=O) groups is 1. The van der Waals surface area contributed by atoms with Crippen molar-refractivity contribution < 1.29 is 9.53 Å². The summed E-state index contributed by atoms with van der Waals surface area (Å²) in [4.78, 5) is 14.5. The van der Waals surface area contributed by atoms with Crippen molar-refractivity contribution >= 4 is 17.8 Å². The number of thiazole rings is 1. The van der Waals surface area contributed by atoms with Crippen LogP contribution < -0.4 is 4.74 Å². The largest absolute Gasteiger partial charge is 0.408 e. The molecule has 0 N–H and O–H groups in total. The molecule has 0 fully saturated rings. The summed E-state index contributed by atoms with van der Waals surface area (Å²) in [6.45, 7) is 2.22. The third-order valence-electron chi connectivity index (χ3n) is 0.860. The third-order valence-corrected chi connectivity index (χ3v) is 1.60. The Morgan fingerprint density at radius 1 is 1.89 bits per heavy atom. The maximum absolute atomic E-state index is 9.77. The summed E-state index contributed by atoms with van der Waals surface area (Å²) in [6, 6.07) is 0. The Labute approximate surface area is 56.3 Å². The Morgan fingerprint density at radius 3 is 3.11 bits per heavy atom. The van der Waals surface area contributed by atoms with E-state index in [0.29, 0.717) is 12.4 Å². The molecule has 0 unspecified atom stereocenters. The van der Waals surface area contributed by atoms with Crippen molar-refractivity contribution in [3.8, 4) is 5.88 Å². The van der Waals surface area contributed by atoms with Gasteiger partial charge in [0.05, 0.1) is 10.4 Å². The van der Waals surface area contributed by atoms with Crippen LogP contribution in [0.15, 0.2) is 5.51 Å². The smallest absolute Gasteiger partial charge is 0.299 e. The molecule has 0 saturated carbocycles. The Morgan fingerprint density at radius 2 is 2.67 bits per heavy atom. The minimum absolute atomic E-state index is 0.377. The van der Waals surface area contributed by atoms with Crippen molar-refractivity contribution in [3.05, 3.63) is 10.4 Å². The van der Waals surface area contributed by atoms with Crippen LogP contribution in [0.3, 0.4) is 0 Å². The standard InChI is InChI=1S/C5H5NO2S/c1-4-5(8-3-7)6-2-9-4/h2-3H,1H3. The molecule has 1 heterocycles. The second kappa shape index (κ2) is 2.59. The second-order valence-electron chi connectivity index (χ2n) is 1.43. The fraction of sp³-hybridized carbons (Fsp3) is 0.200.